The molecule has 5 rings (SSSR count). The fourth-order valence-corrected chi connectivity index (χ4v) is 4.00. The second kappa shape index (κ2) is 5.91. The molecule has 4 aliphatic rings. The van der Waals surface area contributed by atoms with Gasteiger partial charge in [-0.3, -0.25) is 19.4 Å². The van der Waals surface area contributed by atoms with Crippen molar-refractivity contribution in [1.29, 1.82) is 0 Å². The molecule has 23 heavy (non-hydrogen) atoms. The molecule has 0 N–H and O–H groups in total. The number of carbonyl (C=O) groups excluding carboxylic acids is 1. The highest BCUT2D eigenvalue weighted by atomic mass is 79.9. The Hall–Kier alpha value is -1.39. The van der Waals surface area contributed by atoms with E-state index in [4.69, 9.17) is 0 Å². The van der Waals surface area contributed by atoms with E-state index in [0.29, 0.717) is 16.6 Å². The van der Waals surface area contributed by atoms with Gasteiger partial charge in [0.2, 0.25) is 5.78 Å². The van der Waals surface area contributed by atoms with E-state index in [1.165, 1.54) is 12.1 Å². The maximum atomic E-state index is 12.6. The molecule has 0 spiro atoms. The number of hydrogen-bond donors (Lipinski definition) is 0. The summed E-state index contributed by atoms with van der Waals surface area (Å²) in [5, 5.41) is 10.9. The molecule has 1 aromatic rings. The average Bonchev–Trinajstić information content (AvgIpc) is 2.45. The summed E-state index contributed by atoms with van der Waals surface area (Å²) < 4.78 is 0.710. The van der Waals surface area contributed by atoms with E-state index in [0.717, 1.165) is 40.0 Å². The highest BCUT2D eigenvalue weighted by molar-refractivity contribution is 5.97. The highest BCUT2D eigenvalue weighted by Crippen LogP contribution is 2.29. The normalized spacial score (nSPS) is 34.0. The number of hydrogen-bond acceptors (Lipinski definition) is 6. The quantitative estimate of drug-likeness (QED) is 0.244. The minimum atomic E-state index is -0.459. The van der Waals surface area contributed by atoms with Crippen molar-refractivity contribution in [3.8, 4) is 0 Å². The third kappa shape index (κ3) is 3.02. The SMILES string of the molecule is O=C(C[N+]12CN3CN(CN(C3)C1)C2)c1cccc([N+](=O)[O-])c1.[Br-]. The van der Waals surface area contributed by atoms with Crippen LogP contribution in [0.25, 0.3) is 0 Å². The second-order valence-corrected chi connectivity index (χ2v) is 6.59. The molecule has 4 heterocycles. The lowest BCUT2D eigenvalue weighted by molar-refractivity contribution is -0.973. The van der Waals surface area contributed by atoms with Gasteiger partial charge in [-0.05, 0) is 0 Å². The van der Waals surface area contributed by atoms with Gasteiger partial charge in [-0.15, -0.1) is 0 Å². The number of Topliss-reactive ketones (excluding diaryl/α,β-unsaturated/α-hetero) is 1. The molecule has 124 valence electrons. The zero-order valence-corrected chi connectivity index (χ0v) is 14.2. The van der Waals surface area contributed by atoms with Crippen LogP contribution in [0.1, 0.15) is 10.4 Å². The van der Waals surface area contributed by atoms with Crippen LogP contribution in [-0.2, 0) is 0 Å². The van der Waals surface area contributed by atoms with Gasteiger partial charge in [-0.2, -0.15) is 0 Å². The molecule has 0 atom stereocenters. The Kier molecular flexibility index (Phi) is 4.23. The van der Waals surface area contributed by atoms with Gasteiger partial charge >= 0.3 is 0 Å². The number of nitro groups is 1. The molecule has 0 radical (unpaired) electrons. The van der Waals surface area contributed by atoms with E-state index < -0.39 is 4.92 Å². The molecule has 4 bridgehead atoms. The predicted molar refractivity (Wildman–Crippen MR) is 77.3 cm³/mol. The van der Waals surface area contributed by atoms with E-state index in [2.05, 4.69) is 14.7 Å². The molecule has 1 aromatic carbocycles. The van der Waals surface area contributed by atoms with Crippen LogP contribution >= 0.6 is 0 Å². The fourth-order valence-electron chi connectivity index (χ4n) is 4.00. The van der Waals surface area contributed by atoms with Crippen LogP contribution in [0.5, 0.6) is 0 Å². The number of nitrogens with zero attached hydrogens (tertiary/aromatic N) is 5. The Labute approximate surface area is 144 Å². The van der Waals surface area contributed by atoms with E-state index in [-0.39, 0.29) is 28.5 Å². The predicted octanol–water partition coefficient (Wildman–Crippen LogP) is -2.71. The van der Waals surface area contributed by atoms with Gasteiger partial charge in [-0.25, -0.2) is 14.7 Å². The number of carbonyl (C=O) groups is 1. The zero-order chi connectivity index (χ0) is 15.3. The van der Waals surface area contributed by atoms with Crippen molar-refractivity contribution in [3.63, 3.8) is 0 Å². The first-order chi connectivity index (χ1) is 10.5. The molecule has 0 unspecified atom stereocenters. The summed E-state index contributed by atoms with van der Waals surface area (Å²) in [6.45, 7) is 5.96. The summed E-state index contributed by atoms with van der Waals surface area (Å²) in [7, 11) is 0. The van der Waals surface area contributed by atoms with Crippen molar-refractivity contribution in [2.24, 2.45) is 0 Å². The molecule has 4 saturated heterocycles. The zero-order valence-electron chi connectivity index (χ0n) is 12.6. The Balaban J connectivity index is 0.00000156. The Morgan fingerprint density at radius 3 is 2.22 bits per heavy atom. The van der Waals surface area contributed by atoms with Gasteiger partial charge in [-0.1, -0.05) is 12.1 Å². The molecule has 0 saturated carbocycles. The van der Waals surface area contributed by atoms with Crippen LogP contribution < -0.4 is 17.0 Å². The summed E-state index contributed by atoms with van der Waals surface area (Å²) in [4.78, 5) is 30.0. The molecule has 9 heteroatoms. The summed E-state index contributed by atoms with van der Waals surface area (Å²) in [6.07, 6.45) is 0. The third-order valence-corrected chi connectivity index (χ3v) is 4.56. The lowest BCUT2D eigenvalue weighted by Crippen LogP contribution is -3.00. The van der Waals surface area contributed by atoms with Crippen LogP contribution in [0.15, 0.2) is 24.3 Å². The van der Waals surface area contributed by atoms with Gasteiger partial charge in [0.1, 0.15) is 26.6 Å². The van der Waals surface area contributed by atoms with Gasteiger partial charge in [0.15, 0.2) is 0 Å². The first kappa shape index (κ1) is 16.5. The van der Waals surface area contributed by atoms with E-state index in [9.17, 15) is 14.9 Å². The van der Waals surface area contributed by atoms with Gasteiger partial charge < -0.3 is 17.0 Å². The van der Waals surface area contributed by atoms with Crippen molar-refractivity contribution < 1.29 is 31.2 Å². The smallest absolute Gasteiger partial charge is 0.270 e. The standard InChI is InChI=1S/C14H18N5O3.BrH/c20-14(12-2-1-3-13(4-12)18(21)22)5-19-9-15-6-16(10-19)8-17(7-15)11-19;/h1-4H,5-11H2;1H/q+1;/p-1. The number of quaternary nitrogens is 1. The molecule has 0 amide bonds. The summed E-state index contributed by atoms with van der Waals surface area (Å²) in [5.41, 5.74) is 0.406. The van der Waals surface area contributed by atoms with Gasteiger partial charge in [0.25, 0.3) is 5.69 Å². The number of halogens is 1. The molecular weight excluding hydrogens is 366 g/mol. The minimum Gasteiger partial charge on any atom is -1.00 e. The third-order valence-electron chi connectivity index (χ3n) is 4.56. The van der Waals surface area contributed by atoms with Crippen molar-refractivity contribution in [2.75, 3.05) is 46.6 Å². The molecular formula is C14H18BrN5O3. The number of nitro benzene ring substituents is 1. The lowest BCUT2D eigenvalue weighted by Gasteiger charge is -2.60. The van der Waals surface area contributed by atoms with Crippen molar-refractivity contribution in [2.45, 2.75) is 0 Å². The summed E-state index contributed by atoms with van der Waals surface area (Å²) in [5.74, 6) is -0.0192. The van der Waals surface area contributed by atoms with Gasteiger partial charge in [0.05, 0.1) is 24.9 Å². The monoisotopic (exact) mass is 383 g/mol. The molecule has 0 aromatic heterocycles. The highest BCUT2D eigenvalue weighted by Gasteiger charge is 2.49. The van der Waals surface area contributed by atoms with Crippen LogP contribution in [-0.4, -0.2) is 76.4 Å². The van der Waals surface area contributed by atoms with Crippen molar-refractivity contribution in [1.82, 2.24) is 14.7 Å². The minimum absolute atomic E-state index is 0. The largest absolute Gasteiger partial charge is 1.00 e. The number of non-ortho nitro benzene ring substituents is 1. The Bertz CT molecular complexity index is 618. The first-order valence-electron chi connectivity index (χ1n) is 7.33. The number of ketones is 1. The molecule has 4 aliphatic heterocycles. The maximum absolute atomic E-state index is 12.6. The lowest BCUT2D eigenvalue weighted by atomic mass is 10.1. The molecule has 4 fully saturated rings. The first-order valence-corrected chi connectivity index (χ1v) is 7.33. The summed E-state index contributed by atoms with van der Waals surface area (Å²) in [6, 6.07) is 6.04. The van der Waals surface area contributed by atoms with Crippen LogP contribution in [0.3, 0.4) is 0 Å². The van der Waals surface area contributed by atoms with Crippen LogP contribution in [0.2, 0.25) is 0 Å². The second-order valence-electron chi connectivity index (χ2n) is 6.59. The van der Waals surface area contributed by atoms with Crippen molar-refractivity contribution >= 4 is 11.5 Å². The Morgan fingerprint density at radius 2 is 1.70 bits per heavy atom. The van der Waals surface area contributed by atoms with Crippen LogP contribution in [0.4, 0.5) is 5.69 Å². The van der Waals surface area contributed by atoms with Gasteiger partial charge in [0, 0.05) is 17.7 Å². The Morgan fingerprint density at radius 1 is 1.13 bits per heavy atom. The van der Waals surface area contributed by atoms with Crippen molar-refractivity contribution in [3.05, 3.63) is 39.9 Å². The van der Waals surface area contributed by atoms with E-state index >= 15 is 0 Å². The average molecular weight is 384 g/mol. The van der Waals surface area contributed by atoms with Crippen LogP contribution in [0, 0.1) is 10.1 Å². The summed E-state index contributed by atoms with van der Waals surface area (Å²) >= 11 is 0. The number of benzene rings is 1. The maximum Gasteiger partial charge on any atom is 0.270 e. The topological polar surface area (TPSA) is 69.9 Å². The van der Waals surface area contributed by atoms with E-state index in [1.54, 1.807) is 12.1 Å². The molecule has 0 aliphatic carbocycles. The fraction of sp³-hybridized carbons (Fsp3) is 0.500. The van der Waals surface area contributed by atoms with E-state index in [1.807, 2.05) is 0 Å². The molecule has 8 nitrogen and oxygen atoms in total. The number of rotatable bonds is 4.